The maximum Gasteiger partial charge on any atom is 0.0701 e. The Morgan fingerprint density at radius 3 is 2.71 bits per heavy atom. The Kier molecular flexibility index (Phi) is 6.85. The lowest BCUT2D eigenvalue weighted by Crippen LogP contribution is -2.23. The fraction of sp³-hybridized carbons (Fsp3) is 0.500. The first-order chi connectivity index (χ1) is 8.20. The monoisotopic (exact) mass is 277 g/mol. The predicted octanol–water partition coefficient (Wildman–Crippen LogP) is 2.92. The summed E-state index contributed by atoms with van der Waals surface area (Å²) >= 11 is 12.1. The summed E-state index contributed by atoms with van der Waals surface area (Å²) in [5.41, 5.74) is 0.944. The second-order valence-electron chi connectivity index (χ2n) is 3.55. The minimum absolute atomic E-state index is 0.0260. The van der Waals surface area contributed by atoms with Crippen LogP contribution in [0.1, 0.15) is 11.6 Å². The molecule has 0 bridgehead atoms. The molecule has 5 heteroatoms. The molecule has 1 atom stereocenters. The number of hydrogen-bond acceptors (Lipinski definition) is 3. The first kappa shape index (κ1) is 14.7. The highest BCUT2D eigenvalue weighted by atomic mass is 35.5. The van der Waals surface area contributed by atoms with Gasteiger partial charge in [-0.15, -0.1) is 0 Å². The highest BCUT2D eigenvalue weighted by Gasteiger charge is 2.14. The summed E-state index contributed by atoms with van der Waals surface area (Å²) in [6.45, 7) is 1.67. The van der Waals surface area contributed by atoms with Crippen molar-refractivity contribution in [2.75, 3.05) is 34.0 Å². The Morgan fingerprint density at radius 1 is 1.29 bits per heavy atom. The molecule has 0 radical (unpaired) electrons. The molecule has 0 spiro atoms. The third-order valence-electron chi connectivity index (χ3n) is 2.42. The van der Waals surface area contributed by atoms with E-state index in [0.717, 1.165) is 5.56 Å². The van der Waals surface area contributed by atoms with Gasteiger partial charge in [-0.05, 0) is 18.7 Å². The number of halogens is 2. The van der Waals surface area contributed by atoms with E-state index in [9.17, 15) is 0 Å². The Bertz CT molecular complexity index is 347. The topological polar surface area (TPSA) is 30.5 Å². The molecule has 0 aliphatic heterocycles. The van der Waals surface area contributed by atoms with E-state index < -0.39 is 0 Å². The van der Waals surface area contributed by atoms with Crippen LogP contribution < -0.4 is 5.32 Å². The van der Waals surface area contributed by atoms with Crippen molar-refractivity contribution >= 4 is 23.2 Å². The zero-order valence-corrected chi connectivity index (χ0v) is 11.5. The Hall–Kier alpha value is -0.320. The second-order valence-corrected chi connectivity index (χ2v) is 4.34. The van der Waals surface area contributed by atoms with Gasteiger partial charge in [-0.1, -0.05) is 35.3 Å². The van der Waals surface area contributed by atoms with Crippen LogP contribution in [0.5, 0.6) is 0 Å². The molecule has 0 amide bonds. The standard InChI is InChI=1S/C12H17Cl2NO2/c1-15-11(8-17-7-6-16-2)9-4-3-5-10(13)12(9)14/h3-5,11,15H,6-8H2,1-2H3. The quantitative estimate of drug-likeness (QED) is 0.778. The molecule has 0 aliphatic rings. The molecule has 1 aromatic rings. The lowest BCUT2D eigenvalue weighted by atomic mass is 10.1. The second kappa shape index (κ2) is 7.90. The van der Waals surface area contributed by atoms with Crippen molar-refractivity contribution in [3.8, 4) is 0 Å². The summed E-state index contributed by atoms with van der Waals surface area (Å²) in [6, 6.07) is 5.61. The molecule has 0 heterocycles. The number of nitrogens with one attached hydrogen (secondary N) is 1. The number of methoxy groups -OCH3 is 1. The Labute approximate surface area is 112 Å². The van der Waals surface area contributed by atoms with E-state index >= 15 is 0 Å². The summed E-state index contributed by atoms with van der Waals surface area (Å²) < 4.78 is 10.4. The van der Waals surface area contributed by atoms with Crippen LogP contribution in [-0.2, 0) is 9.47 Å². The number of benzene rings is 1. The predicted molar refractivity (Wildman–Crippen MR) is 71.0 cm³/mol. The Balaban J connectivity index is 2.63. The van der Waals surface area contributed by atoms with E-state index in [0.29, 0.717) is 29.9 Å². The van der Waals surface area contributed by atoms with Crippen molar-refractivity contribution in [1.29, 1.82) is 0 Å². The molecule has 0 fully saturated rings. The zero-order valence-electron chi connectivity index (χ0n) is 10.0. The molecule has 96 valence electrons. The highest BCUT2D eigenvalue weighted by molar-refractivity contribution is 6.42. The van der Waals surface area contributed by atoms with Gasteiger partial charge in [-0.25, -0.2) is 0 Å². The van der Waals surface area contributed by atoms with Crippen molar-refractivity contribution in [2.45, 2.75) is 6.04 Å². The average molecular weight is 278 g/mol. The molecule has 1 aromatic carbocycles. The average Bonchev–Trinajstić information content (AvgIpc) is 2.34. The van der Waals surface area contributed by atoms with Gasteiger partial charge in [0.2, 0.25) is 0 Å². The largest absolute Gasteiger partial charge is 0.382 e. The van der Waals surface area contributed by atoms with Crippen molar-refractivity contribution in [1.82, 2.24) is 5.32 Å². The normalized spacial score (nSPS) is 12.7. The van der Waals surface area contributed by atoms with E-state index in [1.807, 2.05) is 19.2 Å². The number of hydrogen-bond donors (Lipinski definition) is 1. The fourth-order valence-corrected chi connectivity index (χ4v) is 1.90. The molecule has 0 saturated heterocycles. The van der Waals surface area contributed by atoms with E-state index in [4.69, 9.17) is 32.7 Å². The SMILES string of the molecule is CNC(COCCOC)c1cccc(Cl)c1Cl. The fourth-order valence-electron chi connectivity index (χ4n) is 1.46. The number of likely N-dealkylation sites (N-methyl/N-ethyl adjacent to an activating group) is 1. The first-order valence-corrected chi connectivity index (χ1v) is 6.14. The maximum atomic E-state index is 6.15. The molecule has 0 saturated carbocycles. The van der Waals surface area contributed by atoms with E-state index in [1.165, 1.54) is 0 Å². The van der Waals surface area contributed by atoms with Gasteiger partial charge >= 0.3 is 0 Å². The van der Waals surface area contributed by atoms with Crippen LogP contribution in [-0.4, -0.2) is 34.0 Å². The maximum absolute atomic E-state index is 6.15. The summed E-state index contributed by atoms with van der Waals surface area (Å²) in [4.78, 5) is 0. The molecular weight excluding hydrogens is 261 g/mol. The minimum atomic E-state index is 0.0260. The van der Waals surface area contributed by atoms with Gasteiger partial charge in [0.05, 0.1) is 35.9 Å². The van der Waals surface area contributed by atoms with Crippen LogP contribution >= 0.6 is 23.2 Å². The number of rotatable bonds is 7. The van der Waals surface area contributed by atoms with E-state index in [1.54, 1.807) is 13.2 Å². The Morgan fingerprint density at radius 2 is 2.06 bits per heavy atom. The lowest BCUT2D eigenvalue weighted by Gasteiger charge is -2.18. The molecule has 0 aromatic heterocycles. The van der Waals surface area contributed by atoms with Gasteiger partial charge in [-0.2, -0.15) is 0 Å². The molecular formula is C12H17Cl2NO2. The summed E-state index contributed by atoms with van der Waals surface area (Å²) in [6.07, 6.45) is 0. The van der Waals surface area contributed by atoms with Crippen LogP contribution in [0.3, 0.4) is 0 Å². The third-order valence-corrected chi connectivity index (χ3v) is 3.26. The van der Waals surface area contributed by atoms with Gasteiger partial charge < -0.3 is 14.8 Å². The van der Waals surface area contributed by atoms with E-state index in [2.05, 4.69) is 5.32 Å². The molecule has 0 aliphatic carbocycles. The number of ether oxygens (including phenoxy) is 2. The van der Waals surface area contributed by atoms with Crippen LogP contribution in [0, 0.1) is 0 Å². The van der Waals surface area contributed by atoms with Crippen molar-refractivity contribution in [3.05, 3.63) is 33.8 Å². The smallest absolute Gasteiger partial charge is 0.0701 e. The van der Waals surface area contributed by atoms with Gasteiger partial charge in [0, 0.05) is 7.11 Å². The van der Waals surface area contributed by atoms with Gasteiger partial charge in [-0.3, -0.25) is 0 Å². The third kappa shape index (κ3) is 4.45. The first-order valence-electron chi connectivity index (χ1n) is 5.38. The minimum Gasteiger partial charge on any atom is -0.382 e. The van der Waals surface area contributed by atoms with Crippen LogP contribution in [0.15, 0.2) is 18.2 Å². The summed E-state index contributed by atoms with van der Waals surface area (Å²) in [7, 11) is 3.51. The van der Waals surface area contributed by atoms with Crippen molar-refractivity contribution < 1.29 is 9.47 Å². The van der Waals surface area contributed by atoms with Crippen LogP contribution in [0.25, 0.3) is 0 Å². The van der Waals surface area contributed by atoms with Gasteiger partial charge in [0.15, 0.2) is 0 Å². The van der Waals surface area contributed by atoms with Gasteiger partial charge in [0.25, 0.3) is 0 Å². The van der Waals surface area contributed by atoms with Gasteiger partial charge in [0.1, 0.15) is 0 Å². The van der Waals surface area contributed by atoms with Crippen molar-refractivity contribution in [2.24, 2.45) is 0 Å². The molecule has 1 rings (SSSR count). The molecule has 1 unspecified atom stereocenters. The lowest BCUT2D eigenvalue weighted by molar-refractivity contribution is 0.0596. The van der Waals surface area contributed by atoms with E-state index in [-0.39, 0.29) is 6.04 Å². The van der Waals surface area contributed by atoms with Crippen molar-refractivity contribution in [3.63, 3.8) is 0 Å². The highest BCUT2D eigenvalue weighted by Crippen LogP contribution is 2.29. The summed E-state index contributed by atoms with van der Waals surface area (Å²) in [5, 5.41) is 4.28. The summed E-state index contributed by atoms with van der Waals surface area (Å²) in [5.74, 6) is 0. The van der Waals surface area contributed by atoms with Crippen LogP contribution in [0.2, 0.25) is 10.0 Å². The molecule has 3 nitrogen and oxygen atoms in total. The molecule has 17 heavy (non-hydrogen) atoms. The van der Waals surface area contributed by atoms with Crippen LogP contribution in [0.4, 0.5) is 0 Å². The zero-order chi connectivity index (χ0) is 12.7. The molecule has 1 N–H and O–H groups in total.